The van der Waals surface area contributed by atoms with Gasteiger partial charge in [0.2, 0.25) is 22.2 Å². The molecule has 1 aliphatic heterocycles. The third-order valence-corrected chi connectivity index (χ3v) is 10.3. The number of nitrogens with one attached hydrogen (secondary N) is 2. The molecule has 13 nitrogen and oxygen atoms in total. The number of anilines is 1. The summed E-state index contributed by atoms with van der Waals surface area (Å²) in [6, 6.07) is 11.2. The first kappa shape index (κ1) is 32.0. The minimum atomic E-state index is -4.22. The molecule has 0 spiro atoms. The number of hydrogen-bond donors (Lipinski definition) is 2. The van der Waals surface area contributed by atoms with Gasteiger partial charge in [0.25, 0.3) is 0 Å². The molecule has 2 unspecified atom stereocenters. The summed E-state index contributed by atoms with van der Waals surface area (Å²) in [5.41, 5.74) is 3.02. The van der Waals surface area contributed by atoms with E-state index in [1.54, 1.807) is 30.0 Å². The average Bonchev–Trinajstić information content (AvgIpc) is 3.75. The number of imidazole rings is 2. The van der Waals surface area contributed by atoms with Gasteiger partial charge in [-0.15, -0.1) is 11.3 Å². The molecule has 1 amide bonds. The predicted molar refractivity (Wildman–Crippen MR) is 173 cm³/mol. The highest BCUT2D eigenvalue weighted by Gasteiger charge is 2.39. The Morgan fingerprint density at radius 1 is 1.24 bits per heavy atom. The maximum Gasteiger partial charge on any atom is 0.310 e. The first-order valence-corrected chi connectivity index (χ1v) is 17.9. The Balaban J connectivity index is 1.26. The summed E-state index contributed by atoms with van der Waals surface area (Å²) in [4.78, 5) is 34.0. The van der Waals surface area contributed by atoms with Crippen molar-refractivity contribution in [2.75, 3.05) is 11.9 Å². The van der Waals surface area contributed by atoms with E-state index in [9.17, 15) is 18.0 Å². The van der Waals surface area contributed by atoms with Crippen molar-refractivity contribution < 1.29 is 32.2 Å². The van der Waals surface area contributed by atoms with E-state index in [-0.39, 0.29) is 29.6 Å². The second-order valence-electron chi connectivity index (χ2n) is 10.6. The standard InChI is InChI=1S/C30H32N6O7S3/c1-4-41-28-23(14-27(38)43-28)34-46(39,40)26-10-9-20(31-19(3)37)13-25(26)42-18(2)15-36-24-8-6-5-7-22(24)33-30(36)45-17-21-16-35-11-12-44-29(35)32-21/h5-13,16,18,23,28,34H,4,14-15,17H2,1-3H3,(H,31,37)/t18-,23?,28?/m1/s1. The Morgan fingerprint density at radius 2 is 2.07 bits per heavy atom. The van der Waals surface area contributed by atoms with Gasteiger partial charge in [0.15, 0.2) is 10.1 Å². The van der Waals surface area contributed by atoms with E-state index in [4.69, 9.17) is 19.2 Å². The Labute approximate surface area is 273 Å². The molecule has 1 fully saturated rings. The molecule has 2 N–H and O–H groups in total. The highest BCUT2D eigenvalue weighted by Crippen LogP contribution is 2.32. The number of rotatable bonds is 13. The van der Waals surface area contributed by atoms with Crippen molar-refractivity contribution in [1.82, 2.24) is 23.7 Å². The number of carbonyl (C=O) groups excluding carboxylic acids is 2. The number of cyclic esters (lactones) is 1. The van der Waals surface area contributed by atoms with Crippen LogP contribution in [0.1, 0.15) is 32.9 Å². The van der Waals surface area contributed by atoms with Crippen LogP contribution in [0.3, 0.4) is 0 Å². The summed E-state index contributed by atoms with van der Waals surface area (Å²) in [6.45, 7) is 5.49. The second kappa shape index (κ2) is 13.4. The summed E-state index contributed by atoms with van der Waals surface area (Å²) < 4.78 is 50.8. The number of nitrogens with zero attached hydrogens (tertiary/aromatic N) is 4. The van der Waals surface area contributed by atoms with Crippen LogP contribution in [0.25, 0.3) is 16.0 Å². The van der Waals surface area contributed by atoms with E-state index in [2.05, 4.69) is 15.0 Å². The average molecular weight is 685 g/mol. The van der Waals surface area contributed by atoms with E-state index < -0.39 is 34.4 Å². The molecule has 0 aliphatic carbocycles. The Kier molecular flexibility index (Phi) is 9.33. The fraction of sp³-hybridized carbons (Fsp3) is 0.333. The number of thioether (sulfide) groups is 1. The van der Waals surface area contributed by atoms with Crippen LogP contribution in [-0.4, -0.2) is 64.3 Å². The van der Waals surface area contributed by atoms with Gasteiger partial charge in [-0.3, -0.25) is 14.0 Å². The maximum absolute atomic E-state index is 13.7. The molecule has 3 atom stereocenters. The summed E-state index contributed by atoms with van der Waals surface area (Å²) in [7, 11) is -4.22. The fourth-order valence-electron chi connectivity index (χ4n) is 5.15. The number of amides is 1. The van der Waals surface area contributed by atoms with Crippen molar-refractivity contribution in [2.45, 2.75) is 68.0 Å². The highest BCUT2D eigenvalue weighted by atomic mass is 32.2. The molecule has 1 aliphatic rings. The Hall–Kier alpha value is -3.96. The number of fused-ring (bicyclic) bond motifs is 2. The molecule has 4 heterocycles. The molecule has 0 saturated carbocycles. The molecule has 3 aromatic heterocycles. The first-order valence-electron chi connectivity index (χ1n) is 14.5. The van der Waals surface area contributed by atoms with Crippen molar-refractivity contribution in [3.05, 3.63) is 65.9 Å². The smallest absolute Gasteiger partial charge is 0.310 e. The molecule has 6 rings (SSSR count). The van der Waals surface area contributed by atoms with Gasteiger partial charge in [-0.05, 0) is 38.1 Å². The molecule has 5 aromatic rings. The van der Waals surface area contributed by atoms with Gasteiger partial charge in [0.1, 0.15) is 16.7 Å². The molecule has 0 radical (unpaired) electrons. The molecular weight excluding hydrogens is 653 g/mol. The number of hydrogen-bond acceptors (Lipinski definition) is 11. The number of aromatic nitrogens is 4. The summed E-state index contributed by atoms with van der Waals surface area (Å²) in [6.07, 6.45) is 2.21. The minimum Gasteiger partial charge on any atom is -0.487 e. The lowest BCUT2D eigenvalue weighted by atomic mass is 10.2. The SMILES string of the molecule is CCOC1OC(=O)CC1NS(=O)(=O)c1ccc(NC(C)=O)cc1O[C@H](C)Cn1c(SCc2cn3ccsc3n2)nc2ccccc21. The van der Waals surface area contributed by atoms with E-state index in [1.165, 1.54) is 25.1 Å². The number of esters is 1. The summed E-state index contributed by atoms with van der Waals surface area (Å²) in [5, 5.41) is 5.43. The summed E-state index contributed by atoms with van der Waals surface area (Å²) in [5.74, 6) is -0.249. The topological polar surface area (TPSA) is 155 Å². The normalized spacial score (nSPS) is 17.4. The van der Waals surface area contributed by atoms with E-state index in [0.717, 1.165) is 26.8 Å². The third kappa shape index (κ3) is 7.05. The molecule has 46 heavy (non-hydrogen) atoms. The van der Waals surface area contributed by atoms with Crippen molar-refractivity contribution in [3.8, 4) is 5.75 Å². The van der Waals surface area contributed by atoms with Crippen LogP contribution in [0, 0.1) is 0 Å². The molecule has 1 saturated heterocycles. The van der Waals surface area contributed by atoms with Gasteiger partial charge in [0, 0.05) is 48.8 Å². The van der Waals surface area contributed by atoms with Gasteiger partial charge < -0.3 is 24.1 Å². The summed E-state index contributed by atoms with van der Waals surface area (Å²) >= 11 is 3.12. The number of benzene rings is 2. The maximum atomic E-state index is 13.7. The van der Waals surface area contributed by atoms with Crippen LogP contribution >= 0.6 is 23.1 Å². The highest BCUT2D eigenvalue weighted by molar-refractivity contribution is 7.98. The molecule has 16 heteroatoms. The van der Waals surface area contributed by atoms with Gasteiger partial charge in [-0.2, -0.15) is 0 Å². The van der Waals surface area contributed by atoms with Crippen molar-refractivity contribution >= 4 is 66.7 Å². The van der Waals surface area contributed by atoms with Gasteiger partial charge in [-0.1, -0.05) is 23.9 Å². The Morgan fingerprint density at radius 3 is 2.85 bits per heavy atom. The lowest BCUT2D eigenvalue weighted by Crippen LogP contribution is -2.41. The number of carbonyl (C=O) groups is 2. The van der Waals surface area contributed by atoms with Crippen LogP contribution in [0.2, 0.25) is 0 Å². The van der Waals surface area contributed by atoms with Crippen LogP contribution in [0.5, 0.6) is 5.75 Å². The second-order valence-corrected chi connectivity index (χ2v) is 14.1. The van der Waals surface area contributed by atoms with Gasteiger partial charge in [0.05, 0.1) is 35.7 Å². The zero-order valence-electron chi connectivity index (χ0n) is 25.2. The third-order valence-electron chi connectivity index (χ3n) is 7.03. The van der Waals surface area contributed by atoms with Gasteiger partial charge in [-0.25, -0.2) is 23.1 Å². The monoisotopic (exact) mass is 684 g/mol. The van der Waals surface area contributed by atoms with E-state index >= 15 is 0 Å². The molecule has 0 bridgehead atoms. The quantitative estimate of drug-likeness (QED) is 0.135. The zero-order valence-corrected chi connectivity index (χ0v) is 27.7. The predicted octanol–water partition coefficient (Wildman–Crippen LogP) is 4.42. The largest absolute Gasteiger partial charge is 0.487 e. The van der Waals surface area contributed by atoms with Crippen molar-refractivity contribution in [2.24, 2.45) is 0 Å². The zero-order chi connectivity index (χ0) is 32.4. The van der Waals surface area contributed by atoms with Crippen LogP contribution in [0.15, 0.2) is 70.3 Å². The van der Waals surface area contributed by atoms with Crippen LogP contribution in [-0.2, 0) is 41.4 Å². The molecule has 242 valence electrons. The number of ether oxygens (including phenoxy) is 3. The Bertz CT molecular complexity index is 1980. The number of para-hydroxylation sites is 2. The van der Waals surface area contributed by atoms with Crippen LogP contribution in [0.4, 0.5) is 5.69 Å². The number of sulfonamides is 1. The van der Waals surface area contributed by atoms with Gasteiger partial charge >= 0.3 is 5.97 Å². The van der Waals surface area contributed by atoms with E-state index in [0.29, 0.717) is 18.0 Å². The fourth-order valence-corrected chi connectivity index (χ4v) is 8.11. The number of thiazole rings is 1. The first-order chi connectivity index (χ1) is 22.1. The van der Waals surface area contributed by atoms with Crippen molar-refractivity contribution in [3.63, 3.8) is 0 Å². The van der Waals surface area contributed by atoms with E-state index in [1.807, 2.05) is 57.9 Å². The van der Waals surface area contributed by atoms with Crippen molar-refractivity contribution in [1.29, 1.82) is 0 Å². The minimum absolute atomic E-state index is 0.0288. The molecular formula is C30H32N6O7S3. The lowest BCUT2D eigenvalue weighted by Gasteiger charge is -2.22. The van der Waals surface area contributed by atoms with Crippen LogP contribution < -0.4 is 14.8 Å². The molecule has 2 aromatic carbocycles. The lowest BCUT2D eigenvalue weighted by molar-refractivity contribution is -0.163.